The fourth-order valence-corrected chi connectivity index (χ4v) is 3.39. The minimum absolute atomic E-state index is 0.0431. The molecule has 2 aromatic carbocycles. The SMILES string of the molecule is CCCN(Cc1cc(=O)[nH]c2c(OC)cccc12)C(=O)Nc1ccccc1C(F)(F)F. The molecule has 2 N–H and O–H groups in total. The molecule has 0 fully saturated rings. The summed E-state index contributed by atoms with van der Waals surface area (Å²) in [6.07, 6.45) is -4.02. The maximum Gasteiger partial charge on any atom is 0.418 e. The summed E-state index contributed by atoms with van der Waals surface area (Å²) in [6, 6.07) is 10.7. The number of aromatic amines is 1. The lowest BCUT2D eigenvalue weighted by Gasteiger charge is -2.24. The summed E-state index contributed by atoms with van der Waals surface area (Å²) in [5, 5.41) is 3.05. The number of para-hydroxylation sites is 2. The van der Waals surface area contributed by atoms with Crippen molar-refractivity contribution in [3.05, 3.63) is 70.0 Å². The number of H-pyrrole nitrogens is 1. The monoisotopic (exact) mass is 433 g/mol. The Labute approximate surface area is 176 Å². The number of methoxy groups -OCH3 is 1. The molecule has 1 aromatic heterocycles. The van der Waals surface area contributed by atoms with E-state index in [0.29, 0.717) is 28.6 Å². The third kappa shape index (κ3) is 4.99. The second-order valence-corrected chi connectivity index (χ2v) is 6.94. The van der Waals surface area contributed by atoms with Crippen LogP contribution in [0.5, 0.6) is 5.75 Å². The van der Waals surface area contributed by atoms with Crippen molar-refractivity contribution in [1.82, 2.24) is 9.88 Å². The maximum atomic E-state index is 13.3. The van der Waals surface area contributed by atoms with E-state index < -0.39 is 17.8 Å². The molecule has 9 heteroatoms. The molecule has 0 spiro atoms. The smallest absolute Gasteiger partial charge is 0.418 e. The third-order valence-corrected chi connectivity index (χ3v) is 4.76. The number of hydrogen-bond acceptors (Lipinski definition) is 3. The fraction of sp³-hybridized carbons (Fsp3) is 0.273. The predicted octanol–water partition coefficient (Wildman–Crippen LogP) is 5.00. The van der Waals surface area contributed by atoms with Crippen LogP contribution in [-0.2, 0) is 12.7 Å². The van der Waals surface area contributed by atoms with Crippen LogP contribution >= 0.6 is 0 Å². The largest absolute Gasteiger partial charge is 0.495 e. The number of carbonyl (C=O) groups is 1. The highest BCUT2D eigenvalue weighted by molar-refractivity contribution is 5.91. The van der Waals surface area contributed by atoms with Gasteiger partial charge in [0.05, 0.1) is 23.9 Å². The van der Waals surface area contributed by atoms with Crippen LogP contribution in [0.2, 0.25) is 0 Å². The van der Waals surface area contributed by atoms with Gasteiger partial charge in [0.1, 0.15) is 5.75 Å². The van der Waals surface area contributed by atoms with Crippen LogP contribution < -0.4 is 15.6 Å². The molecule has 0 saturated carbocycles. The first kappa shape index (κ1) is 22.2. The van der Waals surface area contributed by atoms with Gasteiger partial charge in [-0.15, -0.1) is 0 Å². The molecule has 0 aliphatic carbocycles. The van der Waals surface area contributed by atoms with Crippen LogP contribution in [0.15, 0.2) is 53.3 Å². The standard InChI is InChI=1S/C22H22F3N3O3/c1-3-11-28(21(30)26-17-9-5-4-8-16(17)22(23,24)25)13-14-12-19(29)27-20-15(14)7-6-10-18(20)31-2/h4-10,12H,3,11,13H2,1-2H3,(H,26,30)(H,27,29). The fourth-order valence-electron chi connectivity index (χ4n) is 3.39. The van der Waals surface area contributed by atoms with Crippen molar-refractivity contribution in [1.29, 1.82) is 0 Å². The highest BCUT2D eigenvalue weighted by atomic mass is 19.4. The average Bonchev–Trinajstić information content (AvgIpc) is 2.72. The number of alkyl halides is 3. The Balaban J connectivity index is 1.94. The molecule has 0 radical (unpaired) electrons. The van der Waals surface area contributed by atoms with Crippen LogP contribution in [0.25, 0.3) is 10.9 Å². The molecule has 2 amide bonds. The molecule has 0 bridgehead atoms. The Morgan fingerprint density at radius 2 is 1.90 bits per heavy atom. The van der Waals surface area contributed by atoms with Crippen molar-refractivity contribution in [2.45, 2.75) is 26.1 Å². The summed E-state index contributed by atoms with van der Waals surface area (Å²) in [6.45, 7) is 2.18. The molecule has 6 nitrogen and oxygen atoms in total. The van der Waals surface area contributed by atoms with Gasteiger partial charge in [0, 0.05) is 24.5 Å². The maximum absolute atomic E-state index is 13.3. The number of benzene rings is 2. The van der Waals surface area contributed by atoms with Crippen molar-refractivity contribution in [3.8, 4) is 5.75 Å². The molecule has 0 unspecified atom stereocenters. The van der Waals surface area contributed by atoms with E-state index in [1.165, 1.54) is 36.3 Å². The van der Waals surface area contributed by atoms with Gasteiger partial charge in [-0.1, -0.05) is 31.2 Å². The van der Waals surface area contributed by atoms with E-state index in [4.69, 9.17) is 4.74 Å². The first-order valence-electron chi connectivity index (χ1n) is 9.65. The van der Waals surface area contributed by atoms with Crippen LogP contribution in [0.1, 0.15) is 24.5 Å². The minimum atomic E-state index is -4.60. The molecule has 1 heterocycles. The van der Waals surface area contributed by atoms with Crippen molar-refractivity contribution in [2.24, 2.45) is 0 Å². The summed E-state index contributed by atoms with van der Waals surface area (Å²) >= 11 is 0. The van der Waals surface area contributed by atoms with Gasteiger partial charge in [-0.2, -0.15) is 13.2 Å². The third-order valence-electron chi connectivity index (χ3n) is 4.76. The van der Waals surface area contributed by atoms with Gasteiger partial charge in [-0.3, -0.25) is 4.79 Å². The quantitative estimate of drug-likeness (QED) is 0.575. The van der Waals surface area contributed by atoms with Crippen LogP contribution in [0.3, 0.4) is 0 Å². The van der Waals surface area contributed by atoms with E-state index in [9.17, 15) is 22.8 Å². The number of ether oxygens (including phenoxy) is 1. The highest BCUT2D eigenvalue weighted by Crippen LogP contribution is 2.34. The Bertz CT molecular complexity index is 1140. The van der Waals surface area contributed by atoms with Crippen LogP contribution in [0, 0.1) is 0 Å². The van der Waals surface area contributed by atoms with E-state index in [1.54, 1.807) is 18.2 Å². The van der Waals surface area contributed by atoms with Gasteiger partial charge in [0.25, 0.3) is 0 Å². The number of hydrogen-bond donors (Lipinski definition) is 2. The van der Waals surface area contributed by atoms with E-state index in [-0.39, 0.29) is 24.3 Å². The Morgan fingerprint density at radius 1 is 1.16 bits per heavy atom. The lowest BCUT2D eigenvalue weighted by molar-refractivity contribution is -0.136. The second kappa shape index (κ2) is 9.11. The zero-order chi connectivity index (χ0) is 22.6. The normalized spacial score (nSPS) is 11.4. The van der Waals surface area contributed by atoms with Crippen molar-refractivity contribution >= 4 is 22.6 Å². The number of fused-ring (bicyclic) bond motifs is 1. The van der Waals surface area contributed by atoms with E-state index in [0.717, 1.165) is 6.07 Å². The topological polar surface area (TPSA) is 74.4 Å². The van der Waals surface area contributed by atoms with Crippen molar-refractivity contribution in [2.75, 3.05) is 19.0 Å². The van der Waals surface area contributed by atoms with Gasteiger partial charge < -0.3 is 19.9 Å². The Hall–Kier alpha value is -3.49. The molecule has 164 valence electrons. The molecular weight excluding hydrogens is 411 g/mol. The number of anilines is 1. The van der Waals surface area contributed by atoms with Crippen molar-refractivity contribution in [3.63, 3.8) is 0 Å². The van der Waals surface area contributed by atoms with Gasteiger partial charge >= 0.3 is 12.2 Å². The number of urea groups is 1. The first-order chi connectivity index (χ1) is 14.7. The Kier molecular flexibility index (Phi) is 6.53. The number of carbonyl (C=O) groups excluding carboxylic acids is 1. The number of halogens is 3. The number of amides is 2. The number of pyridine rings is 1. The summed E-state index contributed by atoms with van der Waals surface area (Å²) < 4.78 is 45.1. The minimum Gasteiger partial charge on any atom is -0.495 e. The Morgan fingerprint density at radius 3 is 2.58 bits per heavy atom. The van der Waals surface area contributed by atoms with Gasteiger partial charge in [-0.25, -0.2) is 4.79 Å². The summed E-state index contributed by atoms with van der Waals surface area (Å²) in [5.41, 5.74) is -0.562. The predicted molar refractivity (Wildman–Crippen MR) is 112 cm³/mol. The van der Waals surface area contributed by atoms with Crippen LogP contribution in [0.4, 0.5) is 23.7 Å². The number of aromatic nitrogens is 1. The van der Waals surface area contributed by atoms with E-state index in [2.05, 4.69) is 10.3 Å². The van der Waals surface area contributed by atoms with E-state index >= 15 is 0 Å². The molecule has 3 rings (SSSR count). The summed E-state index contributed by atoms with van der Waals surface area (Å²) in [5.74, 6) is 0.474. The molecule has 31 heavy (non-hydrogen) atoms. The molecule has 0 atom stereocenters. The molecule has 3 aromatic rings. The summed E-state index contributed by atoms with van der Waals surface area (Å²) in [7, 11) is 1.48. The van der Waals surface area contributed by atoms with Crippen LogP contribution in [-0.4, -0.2) is 29.6 Å². The molecule has 0 aliphatic heterocycles. The molecule has 0 saturated heterocycles. The number of nitrogens with zero attached hydrogens (tertiary/aromatic N) is 1. The van der Waals surface area contributed by atoms with Crippen molar-refractivity contribution < 1.29 is 22.7 Å². The second-order valence-electron chi connectivity index (χ2n) is 6.94. The first-order valence-corrected chi connectivity index (χ1v) is 9.65. The zero-order valence-corrected chi connectivity index (χ0v) is 17.0. The lowest BCUT2D eigenvalue weighted by atomic mass is 10.1. The number of nitrogens with one attached hydrogen (secondary N) is 2. The number of rotatable bonds is 6. The van der Waals surface area contributed by atoms with Gasteiger partial charge in [0.2, 0.25) is 5.56 Å². The average molecular weight is 433 g/mol. The molecular formula is C22H22F3N3O3. The molecule has 0 aliphatic rings. The highest BCUT2D eigenvalue weighted by Gasteiger charge is 2.34. The lowest BCUT2D eigenvalue weighted by Crippen LogP contribution is -2.36. The van der Waals surface area contributed by atoms with E-state index in [1.807, 2.05) is 6.92 Å². The van der Waals surface area contributed by atoms with Gasteiger partial charge in [-0.05, 0) is 30.2 Å². The van der Waals surface area contributed by atoms with Gasteiger partial charge in [0.15, 0.2) is 0 Å². The zero-order valence-electron chi connectivity index (χ0n) is 17.0. The summed E-state index contributed by atoms with van der Waals surface area (Å²) in [4.78, 5) is 29.1.